The third-order valence-electron chi connectivity index (χ3n) is 4.26. The van der Waals surface area contributed by atoms with Crippen LogP contribution in [0.25, 0.3) is 5.52 Å². The van der Waals surface area contributed by atoms with E-state index < -0.39 is 5.97 Å². The Labute approximate surface area is 133 Å². The highest BCUT2D eigenvalue weighted by Crippen LogP contribution is 2.44. The summed E-state index contributed by atoms with van der Waals surface area (Å²) in [6.07, 6.45) is 5.95. The van der Waals surface area contributed by atoms with Gasteiger partial charge in [-0.3, -0.25) is 0 Å². The number of pyridine rings is 1. The van der Waals surface area contributed by atoms with Crippen LogP contribution in [0.2, 0.25) is 0 Å². The van der Waals surface area contributed by atoms with Gasteiger partial charge in [0.05, 0.1) is 5.56 Å². The summed E-state index contributed by atoms with van der Waals surface area (Å²) < 4.78 is 7.80. The lowest BCUT2D eigenvalue weighted by Crippen LogP contribution is -2.02. The van der Waals surface area contributed by atoms with E-state index in [1.165, 1.54) is 0 Å². The first-order valence-electron chi connectivity index (χ1n) is 7.77. The molecule has 1 aliphatic rings. The number of carboxylic acids is 1. The van der Waals surface area contributed by atoms with Gasteiger partial charge in [-0.25, -0.2) is 4.79 Å². The van der Waals surface area contributed by atoms with Crippen LogP contribution in [0, 0.1) is 0 Å². The van der Waals surface area contributed by atoms with Crippen molar-refractivity contribution in [1.29, 1.82) is 0 Å². The molecular formula is C19H17NO3. The van der Waals surface area contributed by atoms with Crippen molar-refractivity contribution in [2.75, 3.05) is 0 Å². The summed E-state index contributed by atoms with van der Waals surface area (Å²) in [4.78, 5) is 11.8. The van der Waals surface area contributed by atoms with Crippen molar-refractivity contribution in [3.63, 3.8) is 0 Å². The number of carbonyl (C=O) groups is 1. The number of aromatic nitrogens is 1. The highest BCUT2D eigenvalue weighted by atomic mass is 16.5. The zero-order valence-electron chi connectivity index (χ0n) is 12.6. The van der Waals surface area contributed by atoms with Crippen molar-refractivity contribution in [3.8, 4) is 5.75 Å². The molecule has 1 N–H and O–H groups in total. The monoisotopic (exact) mass is 307 g/mol. The van der Waals surface area contributed by atoms with E-state index in [1.807, 2.05) is 59.3 Å². The first kappa shape index (κ1) is 13.9. The standard InChI is InChI=1S/C19H17NO3/c21-19(22)17-15(14-8-9-14)11-20-10-4-7-16(18(17)20)23-12-13-5-2-1-3-6-13/h1-7,10-11,14H,8-9,12H2,(H,21,22). The minimum absolute atomic E-state index is 0.378. The Balaban J connectivity index is 1.75. The number of fused-ring (bicyclic) bond motifs is 1. The van der Waals surface area contributed by atoms with Crippen LogP contribution in [0.1, 0.15) is 40.2 Å². The van der Waals surface area contributed by atoms with Crippen molar-refractivity contribution in [1.82, 2.24) is 4.40 Å². The van der Waals surface area contributed by atoms with Crippen LogP contribution in [0.3, 0.4) is 0 Å². The Hall–Kier alpha value is -2.75. The van der Waals surface area contributed by atoms with Gasteiger partial charge in [-0.05, 0) is 42.0 Å². The van der Waals surface area contributed by atoms with Crippen LogP contribution >= 0.6 is 0 Å². The summed E-state index contributed by atoms with van der Waals surface area (Å²) in [5.74, 6) is 0.105. The van der Waals surface area contributed by atoms with E-state index in [0.29, 0.717) is 29.4 Å². The summed E-state index contributed by atoms with van der Waals surface area (Å²) >= 11 is 0. The predicted octanol–water partition coefficient (Wildman–Crippen LogP) is 4.09. The highest BCUT2D eigenvalue weighted by molar-refractivity contribution is 6.00. The van der Waals surface area contributed by atoms with Crippen molar-refractivity contribution in [2.45, 2.75) is 25.4 Å². The fourth-order valence-corrected chi connectivity index (χ4v) is 3.00. The Morgan fingerprint density at radius 2 is 1.96 bits per heavy atom. The number of hydrogen-bond acceptors (Lipinski definition) is 2. The molecule has 4 rings (SSSR count). The van der Waals surface area contributed by atoms with Crippen LogP contribution in [-0.4, -0.2) is 15.5 Å². The Kier molecular flexibility index (Phi) is 3.30. The fourth-order valence-electron chi connectivity index (χ4n) is 3.00. The summed E-state index contributed by atoms with van der Waals surface area (Å²) in [5.41, 5.74) is 3.02. The number of aromatic carboxylic acids is 1. The topological polar surface area (TPSA) is 50.9 Å². The molecule has 116 valence electrons. The van der Waals surface area contributed by atoms with Crippen molar-refractivity contribution in [2.24, 2.45) is 0 Å². The van der Waals surface area contributed by atoms with Gasteiger partial charge in [0.1, 0.15) is 17.9 Å². The molecule has 0 radical (unpaired) electrons. The number of rotatable bonds is 5. The molecule has 4 nitrogen and oxygen atoms in total. The van der Waals surface area contributed by atoms with Crippen molar-refractivity contribution in [3.05, 3.63) is 71.5 Å². The molecule has 0 spiro atoms. The molecule has 2 aromatic heterocycles. The van der Waals surface area contributed by atoms with Crippen LogP contribution in [-0.2, 0) is 6.61 Å². The van der Waals surface area contributed by atoms with Gasteiger partial charge < -0.3 is 14.2 Å². The van der Waals surface area contributed by atoms with Gasteiger partial charge >= 0.3 is 5.97 Å². The largest absolute Gasteiger partial charge is 0.487 e. The van der Waals surface area contributed by atoms with Gasteiger partial charge in [-0.15, -0.1) is 0 Å². The van der Waals surface area contributed by atoms with E-state index in [4.69, 9.17) is 4.74 Å². The van der Waals surface area contributed by atoms with Crippen molar-refractivity contribution < 1.29 is 14.6 Å². The van der Waals surface area contributed by atoms with Gasteiger partial charge in [0.25, 0.3) is 0 Å². The Bertz CT molecular complexity index is 863. The average Bonchev–Trinajstić information content (AvgIpc) is 3.33. The SMILES string of the molecule is O=C(O)c1c(C2CC2)cn2cccc(OCc3ccccc3)c12. The van der Waals surface area contributed by atoms with Crippen LogP contribution < -0.4 is 4.74 Å². The molecule has 3 aromatic rings. The number of nitrogens with zero attached hydrogens (tertiary/aromatic N) is 1. The smallest absolute Gasteiger partial charge is 0.338 e. The molecule has 23 heavy (non-hydrogen) atoms. The fraction of sp³-hybridized carbons (Fsp3) is 0.211. The van der Waals surface area contributed by atoms with E-state index in [1.54, 1.807) is 0 Å². The molecule has 0 aliphatic heterocycles. The van der Waals surface area contributed by atoms with Gasteiger partial charge in [0, 0.05) is 12.4 Å². The van der Waals surface area contributed by atoms with E-state index in [-0.39, 0.29) is 0 Å². The normalized spacial score (nSPS) is 14.1. The minimum Gasteiger partial charge on any atom is -0.487 e. The lowest BCUT2D eigenvalue weighted by Gasteiger charge is -2.09. The third kappa shape index (κ3) is 2.57. The molecule has 1 fully saturated rings. The van der Waals surface area contributed by atoms with Crippen LogP contribution in [0.5, 0.6) is 5.75 Å². The van der Waals surface area contributed by atoms with Crippen molar-refractivity contribution >= 4 is 11.5 Å². The number of benzene rings is 1. The second-order valence-corrected chi connectivity index (χ2v) is 5.94. The lowest BCUT2D eigenvalue weighted by atomic mass is 10.1. The number of hydrogen-bond donors (Lipinski definition) is 1. The first-order valence-corrected chi connectivity index (χ1v) is 7.77. The molecule has 1 aliphatic carbocycles. The molecule has 1 saturated carbocycles. The molecular weight excluding hydrogens is 290 g/mol. The van der Waals surface area contributed by atoms with E-state index in [9.17, 15) is 9.90 Å². The minimum atomic E-state index is -0.884. The Morgan fingerprint density at radius 3 is 2.65 bits per heavy atom. The molecule has 0 atom stereocenters. The van der Waals surface area contributed by atoms with Crippen LogP contribution in [0.15, 0.2) is 54.9 Å². The van der Waals surface area contributed by atoms with E-state index >= 15 is 0 Å². The molecule has 4 heteroatoms. The molecule has 0 bridgehead atoms. The molecule has 0 unspecified atom stereocenters. The van der Waals surface area contributed by atoms with Gasteiger partial charge in [0.2, 0.25) is 0 Å². The summed E-state index contributed by atoms with van der Waals surface area (Å²) in [5, 5.41) is 9.67. The summed E-state index contributed by atoms with van der Waals surface area (Å²) in [6, 6.07) is 13.6. The molecule has 2 heterocycles. The number of ether oxygens (including phenoxy) is 1. The summed E-state index contributed by atoms with van der Waals surface area (Å²) in [6.45, 7) is 0.420. The molecule has 1 aromatic carbocycles. The maximum Gasteiger partial charge on any atom is 0.338 e. The van der Waals surface area contributed by atoms with Gasteiger partial charge in [-0.1, -0.05) is 30.3 Å². The zero-order valence-corrected chi connectivity index (χ0v) is 12.6. The predicted molar refractivity (Wildman–Crippen MR) is 87.1 cm³/mol. The van der Waals surface area contributed by atoms with E-state index in [2.05, 4.69) is 0 Å². The summed E-state index contributed by atoms with van der Waals surface area (Å²) in [7, 11) is 0. The molecule has 0 amide bonds. The van der Waals surface area contributed by atoms with Gasteiger partial charge in [-0.2, -0.15) is 0 Å². The van der Waals surface area contributed by atoms with E-state index in [0.717, 1.165) is 24.0 Å². The number of carboxylic acid groups (broad SMARTS) is 1. The maximum atomic E-state index is 11.8. The molecule has 0 saturated heterocycles. The van der Waals surface area contributed by atoms with Gasteiger partial charge in [0.15, 0.2) is 0 Å². The first-order chi connectivity index (χ1) is 11.2. The van der Waals surface area contributed by atoms with Crippen LogP contribution in [0.4, 0.5) is 0 Å². The Morgan fingerprint density at radius 1 is 1.17 bits per heavy atom. The second-order valence-electron chi connectivity index (χ2n) is 5.94. The zero-order chi connectivity index (χ0) is 15.8. The maximum absolute atomic E-state index is 11.8. The average molecular weight is 307 g/mol. The lowest BCUT2D eigenvalue weighted by molar-refractivity contribution is 0.0697. The third-order valence-corrected chi connectivity index (χ3v) is 4.26. The second kappa shape index (κ2) is 5.47. The highest BCUT2D eigenvalue weighted by Gasteiger charge is 2.31. The quantitative estimate of drug-likeness (QED) is 0.772.